The van der Waals surface area contributed by atoms with Crippen LogP contribution >= 0.6 is 0 Å². The van der Waals surface area contributed by atoms with Gasteiger partial charge in [0.2, 0.25) is 15.9 Å². The lowest BCUT2D eigenvalue weighted by Gasteiger charge is -2.37. The summed E-state index contributed by atoms with van der Waals surface area (Å²) in [5.74, 6) is -0.244. The average Bonchev–Trinajstić information content (AvgIpc) is 2.44. The minimum absolute atomic E-state index is 0.244. The molecular weight excluding hydrogens is 314 g/mol. The predicted molar refractivity (Wildman–Crippen MR) is 81.3 cm³/mol. The van der Waals surface area contributed by atoms with E-state index in [1.54, 1.807) is 0 Å². The standard InChI is InChI=1S/C14H26F2N2O3S/c1-3-4-5-6-14(19)18(11-13(15)16)12-7-9-17(10-8-12)22(2,20)21/h12-13H,3-11H2,1-2H3. The number of nitrogens with zero attached hydrogens (tertiary/aromatic N) is 2. The zero-order valence-corrected chi connectivity index (χ0v) is 14.1. The maximum atomic E-state index is 12.8. The highest BCUT2D eigenvalue weighted by atomic mass is 32.2. The van der Waals surface area contributed by atoms with Gasteiger partial charge in [0.15, 0.2) is 0 Å². The second-order valence-electron chi connectivity index (χ2n) is 5.79. The van der Waals surface area contributed by atoms with Gasteiger partial charge in [0.25, 0.3) is 6.43 Å². The smallest absolute Gasteiger partial charge is 0.255 e. The van der Waals surface area contributed by atoms with E-state index in [1.807, 2.05) is 6.92 Å². The Morgan fingerprint density at radius 3 is 2.32 bits per heavy atom. The van der Waals surface area contributed by atoms with Gasteiger partial charge in [0, 0.05) is 25.6 Å². The number of rotatable bonds is 8. The second-order valence-corrected chi connectivity index (χ2v) is 7.77. The van der Waals surface area contributed by atoms with Crippen LogP contribution in [0.25, 0.3) is 0 Å². The van der Waals surface area contributed by atoms with Gasteiger partial charge >= 0.3 is 0 Å². The Balaban J connectivity index is 2.63. The van der Waals surface area contributed by atoms with Crippen molar-refractivity contribution in [2.75, 3.05) is 25.9 Å². The fourth-order valence-corrected chi connectivity index (χ4v) is 3.63. The fourth-order valence-electron chi connectivity index (χ4n) is 2.76. The second kappa shape index (κ2) is 8.76. The molecule has 1 heterocycles. The third kappa shape index (κ3) is 6.16. The van der Waals surface area contributed by atoms with Gasteiger partial charge in [0.1, 0.15) is 0 Å². The number of unbranched alkanes of at least 4 members (excludes halogenated alkanes) is 2. The van der Waals surface area contributed by atoms with Gasteiger partial charge in [-0.1, -0.05) is 19.8 Å². The number of carbonyl (C=O) groups is 1. The molecule has 130 valence electrons. The van der Waals surface area contributed by atoms with Crippen LogP contribution in [0.15, 0.2) is 0 Å². The van der Waals surface area contributed by atoms with E-state index in [0.717, 1.165) is 19.1 Å². The van der Waals surface area contributed by atoms with E-state index in [1.165, 1.54) is 9.21 Å². The Hall–Kier alpha value is -0.760. The molecule has 0 N–H and O–H groups in total. The van der Waals surface area contributed by atoms with Crippen molar-refractivity contribution in [3.8, 4) is 0 Å². The molecule has 0 radical (unpaired) electrons. The van der Waals surface area contributed by atoms with Gasteiger partial charge in [0.05, 0.1) is 12.8 Å². The SMILES string of the molecule is CCCCCC(=O)N(CC(F)F)C1CCN(S(C)(=O)=O)CC1. The number of halogens is 2. The fraction of sp³-hybridized carbons (Fsp3) is 0.929. The summed E-state index contributed by atoms with van der Waals surface area (Å²) in [5, 5.41) is 0. The van der Waals surface area contributed by atoms with Crippen LogP contribution in [0.3, 0.4) is 0 Å². The van der Waals surface area contributed by atoms with Gasteiger partial charge in [-0.25, -0.2) is 21.5 Å². The third-order valence-corrected chi connectivity index (χ3v) is 5.29. The molecule has 0 aromatic heterocycles. The minimum Gasteiger partial charge on any atom is -0.334 e. The van der Waals surface area contributed by atoms with E-state index >= 15 is 0 Å². The number of amides is 1. The first-order valence-corrected chi connectivity index (χ1v) is 9.63. The topological polar surface area (TPSA) is 57.7 Å². The van der Waals surface area contributed by atoms with Crippen LogP contribution in [0.1, 0.15) is 45.4 Å². The Kier molecular flexibility index (Phi) is 7.68. The number of carbonyl (C=O) groups excluding carboxylic acids is 1. The van der Waals surface area contributed by atoms with Crippen molar-refractivity contribution in [2.24, 2.45) is 0 Å². The zero-order chi connectivity index (χ0) is 16.8. The van der Waals surface area contributed by atoms with Crippen molar-refractivity contribution >= 4 is 15.9 Å². The van der Waals surface area contributed by atoms with Crippen molar-refractivity contribution in [2.45, 2.75) is 57.9 Å². The molecule has 22 heavy (non-hydrogen) atoms. The highest BCUT2D eigenvalue weighted by Gasteiger charge is 2.31. The van der Waals surface area contributed by atoms with E-state index in [9.17, 15) is 22.0 Å². The molecule has 1 aliphatic heterocycles. The Bertz CT molecular complexity index is 449. The Labute approximate surface area is 131 Å². The average molecular weight is 340 g/mol. The molecule has 1 fully saturated rings. The molecule has 1 saturated heterocycles. The normalized spacial score (nSPS) is 17.9. The molecule has 0 unspecified atom stereocenters. The number of sulfonamides is 1. The lowest BCUT2D eigenvalue weighted by molar-refractivity contribution is -0.136. The number of piperidine rings is 1. The third-order valence-electron chi connectivity index (χ3n) is 3.98. The van der Waals surface area contributed by atoms with Crippen LogP contribution in [0.4, 0.5) is 8.78 Å². The maximum absolute atomic E-state index is 12.8. The van der Waals surface area contributed by atoms with Crippen LogP contribution in [0.2, 0.25) is 0 Å². The summed E-state index contributed by atoms with van der Waals surface area (Å²) in [7, 11) is -3.25. The van der Waals surface area contributed by atoms with E-state index in [4.69, 9.17) is 0 Å². The van der Waals surface area contributed by atoms with Gasteiger partial charge in [-0.15, -0.1) is 0 Å². The number of alkyl halides is 2. The van der Waals surface area contributed by atoms with Crippen molar-refractivity contribution < 1.29 is 22.0 Å². The van der Waals surface area contributed by atoms with Gasteiger partial charge in [-0.05, 0) is 19.3 Å². The molecule has 8 heteroatoms. The Morgan fingerprint density at radius 2 is 1.86 bits per heavy atom. The van der Waals surface area contributed by atoms with Crippen molar-refractivity contribution in [3.05, 3.63) is 0 Å². The van der Waals surface area contributed by atoms with Crippen LogP contribution in [-0.2, 0) is 14.8 Å². The van der Waals surface area contributed by atoms with E-state index in [-0.39, 0.29) is 31.5 Å². The molecule has 1 aliphatic rings. The van der Waals surface area contributed by atoms with Gasteiger partial charge in [-0.3, -0.25) is 4.79 Å². The van der Waals surface area contributed by atoms with E-state index < -0.39 is 23.0 Å². The Morgan fingerprint density at radius 1 is 1.27 bits per heavy atom. The van der Waals surface area contributed by atoms with E-state index in [2.05, 4.69) is 0 Å². The predicted octanol–water partition coefficient (Wildman–Crippen LogP) is 2.08. The molecule has 0 atom stereocenters. The summed E-state index contributed by atoms with van der Waals surface area (Å²) in [6.07, 6.45) is 2.27. The monoisotopic (exact) mass is 340 g/mol. The minimum atomic E-state index is -3.25. The molecular formula is C14H26F2N2O3S. The molecule has 0 aliphatic carbocycles. The van der Waals surface area contributed by atoms with Gasteiger partial charge in [-0.2, -0.15) is 0 Å². The lowest BCUT2D eigenvalue weighted by Crippen LogP contribution is -2.49. The lowest BCUT2D eigenvalue weighted by atomic mass is 10.0. The van der Waals surface area contributed by atoms with E-state index in [0.29, 0.717) is 19.3 Å². The summed E-state index contributed by atoms with van der Waals surface area (Å²) < 4.78 is 49.8. The van der Waals surface area contributed by atoms with Crippen molar-refractivity contribution in [1.29, 1.82) is 0 Å². The molecule has 1 rings (SSSR count). The molecule has 0 spiro atoms. The summed E-state index contributed by atoms with van der Waals surface area (Å²) >= 11 is 0. The maximum Gasteiger partial charge on any atom is 0.255 e. The summed E-state index contributed by atoms with van der Waals surface area (Å²) in [5.41, 5.74) is 0. The summed E-state index contributed by atoms with van der Waals surface area (Å²) in [6.45, 7) is 2.02. The zero-order valence-electron chi connectivity index (χ0n) is 13.3. The number of hydrogen-bond donors (Lipinski definition) is 0. The molecule has 0 aromatic rings. The first kappa shape index (κ1) is 19.3. The van der Waals surface area contributed by atoms with Crippen molar-refractivity contribution in [3.63, 3.8) is 0 Å². The quantitative estimate of drug-likeness (QED) is 0.636. The molecule has 5 nitrogen and oxygen atoms in total. The highest BCUT2D eigenvalue weighted by Crippen LogP contribution is 2.21. The van der Waals surface area contributed by atoms with Crippen LogP contribution in [0, 0.1) is 0 Å². The largest absolute Gasteiger partial charge is 0.334 e. The first-order valence-electron chi connectivity index (χ1n) is 7.78. The molecule has 0 bridgehead atoms. The van der Waals surface area contributed by atoms with Crippen LogP contribution < -0.4 is 0 Å². The first-order chi connectivity index (χ1) is 10.3. The van der Waals surface area contributed by atoms with Crippen LogP contribution in [-0.4, -0.2) is 61.9 Å². The summed E-state index contributed by atoms with van der Waals surface area (Å²) in [4.78, 5) is 13.5. The van der Waals surface area contributed by atoms with Crippen LogP contribution in [0.5, 0.6) is 0 Å². The summed E-state index contributed by atoms with van der Waals surface area (Å²) in [6, 6.07) is -0.291. The molecule has 1 amide bonds. The van der Waals surface area contributed by atoms with Gasteiger partial charge < -0.3 is 4.90 Å². The molecule has 0 saturated carbocycles. The molecule has 0 aromatic carbocycles. The van der Waals surface area contributed by atoms with Crippen molar-refractivity contribution in [1.82, 2.24) is 9.21 Å². The highest BCUT2D eigenvalue weighted by molar-refractivity contribution is 7.88. The number of hydrogen-bond acceptors (Lipinski definition) is 3.